The minimum absolute atomic E-state index is 0.129. The summed E-state index contributed by atoms with van der Waals surface area (Å²) in [5.74, 6) is 2.55. The molecule has 0 aromatic carbocycles. The lowest BCUT2D eigenvalue weighted by Gasteiger charge is -2.34. The number of aromatic nitrogens is 3. The fourth-order valence-electron chi connectivity index (χ4n) is 4.99. The standard InChI is InChI=1S/C22H39N7O3S/c1-3-18(8-9-19(32-33(2,30)31)27-16-10-23-11-17-27)20-24-21(28-12-4-5-13-28)26-22(25-20)29-14-6-7-15-29/h18-19,23H,3-17H2,1-2H3. The van der Waals surface area contributed by atoms with E-state index in [4.69, 9.17) is 19.1 Å². The van der Waals surface area contributed by atoms with Crippen molar-refractivity contribution in [2.24, 2.45) is 0 Å². The zero-order valence-electron chi connectivity index (χ0n) is 20.1. The summed E-state index contributed by atoms with van der Waals surface area (Å²) in [6.45, 7) is 9.36. The predicted molar refractivity (Wildman–Crippen MR) is 129 cm³/mol. The molecular weight excluding hydrogens is 442 g/mol. The van der Waals surface area contributed by atoms with Gasteiger partial charge in [-0.05, 0) is 44.9 Å². The van der Waals surface area contributed by atoms with E-state index >= 15 is 0 Å². The molecule has 1 aromatic rings. The Morgan fingerprint density at radius 1 is 0.879 bits per heavy atom. The second-order valence-corrected chi connectivity index (χ2v) is 11.0. The minimum atomic E-state index is -3.54. The molecular formula is C22H39N7O3S. The molecule has 0 aliphatic carbocycles. The number of piperazine rings is 1. The maximum Gasteiger partial charge on any atom is 0.265 e. The van der Waals surface area contributed by atoms with Gasteiger partial charge >= 0.3 is 0 Å². The minimum Gasteiger partial charge on any atom is -0.341 e. The molecule has 4 heterocycles. The molecule has 1 N–H and O–H groups in total. The lowest BCUT2D eigenvalue weighted by Crippen LogP contribution is -2.49. The van der Waals surface area contributed by atoms with Crippen LogP contribution in [0.5, 0.6) is 0 Å². The fourth-order valence-corrected chi connectivity index (χ4v) is 5.61. The summed E-state index contributed by atoms with van der Waals surface area (Å²) in [7, 11) is -3.54. The largest absolute Gasteiger partial charge is 0.341 e. The van der Waals surface area contributed by atoms with E-state index in [1.807, 2.05) is 0 Å². The van der Waals surface area contributed by atoms with Crippen LogP contribution in [0.15, 0.2) is 0 Å². The van der Waals surface area contributed by atoms with Crippen LogP contribution < -0.4 is 15.1 Å². The monoisotopic (exact) mass is 481 g/mol. The van der Waals surface area contributed by atoms with Gasteiger partial charge in [0.2, 0.25) is 11.9 Å². The highest BCUT2D eigenvalue weighted by Gasteiger charge is 2.28. The molecule has 0 bridgehead atoms. The summed E-state index contributed by atoms with van der Waals surface area (Å²) in [4.78, 5) is 21.3. The Morgan fingerprint density at radius 3 is 1.91 bits per heavy atom. The van der Waals surface area contributed by atoms with Crippen molar-refractivity contribution in [1.29, 1.82) is 0 Å². The van der Waals surface area contributed by atoms with Crippen molar-refractivity contribution in [2.45, 2.75) is 64.0 Å². The Morgan fingerprint density at radius 2 is 1.42 bits per heavy atom. The van der Waals surface area contributed by atoms with Crippen LogP contribution in [0.1, 0.15) is 63.6 Å². The zero-order valence-corrected chi connectivity index (χ0v) is 20.9. The van der Waals surface area contributed by atoms with Crippen molar-refractivity contribution >= 4 is 22.0 Å². The Hall–Kier alpha value is -1.56. The van der Waals surface area contributed by atoms with Gasteiger partial charge in [-0.3, -0.25) is 9.08 Å². The zero-order chi connectivity index (χ0) is 23.3. The van der Waals surface area contributed by atoms with Crippen LogP contribution in [-0.2, 0) is 14.3 Å². The maximum absolute atomic E-state index is 11.9. The van der Waals surface area contributed by atoms with Crippen LogP contribution in [0.4, 0.5) is 11.9 Å². The molecule has 3 aliphatic rings. The fraction of sp³-hybridized carbons (Fsp3) is 0.864. The van der Waals surface area contributed by atoms with Gasteiger partial charge in [0.25, 0.3) is 10.1 Å². The highest BCUT2D eigenvalue weighted by molar-refractivity contribution is 7.86. The lowest BCUT2D eigenvalue weighted by molar-refractivity contribution is 0.0137. The van der Waals surface area contributed by atoms with E-state index in [0.717, 1.165) is 89.2 Å². The summed E-state index contributed by atoms with van der Waals surface area (Å²) in [6, 6.07) is 0. The molecule has 3 saturated heterocycles. The SMILES string of the molecule is CCC(CCC(OS(C)(=O)=O)N1CCNCC1)c1nc(N2CCCC2)nc(N2CCCC2)n1. The molecule has 186 valence electrons. The van der Waals surface area contributed by atoms with E-state index in [-0.39, 0.29) is 5.92 Å². The molecule has 3 aliphatic heterocycles. The predicted octanol–water partition coefficient (Wildman–Crippen LogP) is 1.55. The Balaban J connectivity index is 1.53. The van der Waals surface area contributed by atoms with Gasteiger partial charge in [0, 0.05) is 58.3 Å². The van der Waals surface area contributed by atoms with E-state index < -0.39 is 16.3 Å². The molecule has 4 rings (SSSR count). The van der Waals surface area contributed by atoms with Gasteiger partial charge in [0.15, 0.2) is 0 Å². The second kappa shape index (κ2) is 11.2. The van der Waals surface area contributed by atoms with E-state index in [9.17, 15) is 8.42 Å². The quantitative estimate of drug-likeness (QED) is 0.495. The second-order valence-electron chi connectivity index (χ2n) is 9.41. The van der Waals surface area contributed by atoms with Crippen molar-refractivity contribution in [3.8, 4) is 0 Å². The maximum atomic E-state index is 11.9. The molecule has 33 heavy (non-hydrogen) atoms. The Bertz CT molecular complexity index is 832. The van der Waals surface area contributed by atoms with Gasteiger partial charge in [-0.25, -0.2) is 0 Å². The molecule has 0 radical (unpaired) electrons. The van der Waals surface area contributed by atoms with Gasteiger partial charge < -0.3 is 15.1 Å². The Kier molecular flexibility index (Phi) is 8.37. The van der Waals surface area contributed by atoms with Crippen LogP contribution in [0.25, 0.3) is 0 Å². The summed E-state index contributed by atoms with van der Waals surface area (Å²) in [6.07, 6.45) is 7.65. The van der Waals surface area contributed by atoms with Crippen molar-refractivity contribution in [1.82, 2.24) is 25.2 Å². The number of rotatable bonds is 10. The smallest absolute Gasteiger partial charge is 0.265 e. The number of nitrogens with zero attached hydrogens (tertiary/aromatic N) is 6. The van der Waals surface area contributed by atoms with Gasteiger partial charge in [-0.15, -0.1) is 0 Å². The third-order valence-corrected chi connectivity index (χ3v) is 7.44. The number of hydrogen-bond acceptors (Lipinski definition) is 10. The van der Waals surface area contributed by atoms with E-state index in [1.165, 1.54) is 25.7 Å². The molecule has 0 amide bonds. The molecule has 0 saturated carbocycles. The summed E-state index contributed by atoms with van der Waals surface area (Å²) in [5.41, 5.74) is 0. The average Bonchev–Trinajstić information content (AvgIpc) is 3.53. The molecule has 3 fully saturated rings. The number of anilines is 2. The average molecular weight is 482 g/mol. The summed E-state index contributed by atoms with van der Waals surface area (Å²) >= 11 is 0. The molecule has 0 spiro atoms. The molecule has 10 nitrogen and oxygen atoms in total. The molecule has 1 aromatic heterocycles. The first kappa shape index (κ1) is 24.6. The summed E-state index contributed by atoms with van der Waals surface area (Å²) in [5, 5.41) is 3.32. The topological polar surface area (TPSA) is 104 Å². The van der Waals surface area contributed by atoms with E-state index in [0.29, 0.717) is 6.42 Å². The van der Waals surface area contributed by atoms with Gasteiger partial charge in [0.1, 0.15) is 12.1 Å². The third-order valence-electron chi connectivity index (χ3n) is 6.87. The van der Waals surface area contributed by atoms with Crippen LogP contribution in [0.2, 0.25) is 0 Å². The van der Waals surface area contributed by atoms with Crippen LogP contribution in [-0.4, -0.2) is 93.1 Å². The van der Waals surface area contributed by atoms with Gasteiger partial charge in [-0.2, -0.15) is 23.4 Å². The first-order valence-electron chi connectivity index (χ1n) is 12.5. The lowest BCUT2D eigenvalue weighted by atomic mass is 9.98. The molecule has 2 atom stereocenters. The number of nitrogens with one attached hydrogen (secondary N) is 1. The highest BCUT2D eigenvalue weighted by atomic mass is 32.2. The van der Waals surface area contributed by atoms with Crippen molar-refractivity contribution < 1.29 is 12.6 Å². The first-order valence-corrected chi connectivity index (χ1v) is 14.3. The first-order chi connectivity index (χ1) is 15.9. The summed E-state index contributed by atoms with van der Waals surface area (Å²) < 4.78 is 29.4. The van der Waals surface area contributed by atoms with Crippen LogP contribution >= 0.6 is 0 Å². The van der Waals surface area contributed by atoms with Gasteiger partial charge in [-0.1, -0.05) is 6.92 Å². The molecule has 2 unspecified atom stereocenters. The van der Waals surface area contributed by atoms with Crippen LogP contribution in [0, 0.1) is 0 Å². The molecule has 11 heteroatoms. The normalized spacial score (nSPS) is 22.1. The van der Waals surface area contributed by atoms with Crippen molar-refractivity contribution in [3.05, 3.63) is 5.82 Å². The highest BCUT2D eigenvalue weighted by Crippen LogP contribution is 2.29. The third kappa shape index (κ3) is 6.74. The van der Waals surface area contributed by atoms with Gasteiger partial charge in [0.05, 0.1) is 6.26 Å². The van der Waals surface area contributed by atoms with Crippen molar-refractivity contribution in [2.75, 3.05) is 68.4 Å². The van der Waals surface area contributed by atoms with E-state index in [1.54, 1.807) is 0 Å². The van der Waals surface area contributed by atoms with Crippen molar-refractivity contribution in [3.63, 3.8) is 0 Å². The van der Waals surface area contributed by atoms with Crippen LogP contribution in [0.3, 0.4) is 0 Å². The van der Waals surface area contributed by atoms with E-state index in [2.05, 4.69) is 26.9 Å². The number of hydrogen-bond donors (Lipinski definition) is 1. The Labute approximate surface area is 198 Å².